The molecule has 0 aliphatic rings. The number of fused-ring (bicyclic) bond motifs is 1. The molecule has 2 aromatic heterocycles. The van der Waals surface area contributed by atoms with Crippen LogP contribution in [-0.4, -0.2) is 38.1 Å². The van der Waals surface area contributed by atoms with Crippen molar-refractivity contribution in [3.05, 3.63) is 102 Å². The van der Waals surface area contributed by atoms with Crippen molar-refractivity contribution >= 4 is 38.2 Å². The maximum absolute atomic E-state index is 14.9. The number of benzene rings is 3. The molecule has 2 heterocycles. The van der Waals surface area contributed by atoms with Gasteiger partial charge in [0.15, 0.2) is 0 Å². The lowest BCUT2D eigenvalue weighted by atomic mass is 9.86. The molecule has 3 aromatic carbocycles. The van der Waals surface area contributed by atoms with Gasteiger partial charge in [0.1, 0.15) is 29.9 Å². The van der Waals surface area contributed by atoms with Crippen molar-refractivity contribution in [2.45, 2.75) is 30.0 Å². The number of aliphatic hydroxyl groups is 1. The molecule has 13 heteroatoms. The summed E-state index contributed by atoms with van der Waals surface area (Å²) in [5.74, 6) is -1.70. The topological polar surface area (TPSA) is 115 Å². The molecule has 0 unspecified atom stereocenters. The number of nitrogens with one attached hydrogen (secondary N) is 1. The third kappa shape index (κ3) is 4.97. The molecular formula is C25H21ClF2N6O3S. The van der Waals surface area contributed by atoms with E-state index in [1.807, 2.05) is 0 Å². The second-order valence-corrected chi connectivity index (χ2v) is 10.9. The molecule has 0 fully saturated rings. The smallest absolute Gasteiger partial charge is 0.261 e. The quantitative estimate of drug-likeness (QED) is 0.290. The van der Waals surface area contributed by atoms with E-state index in [1.54, 1.807) is 31.3 Å². The number of sulfonamides is 1. The van der Waals surface area contributed by atoms with E-state index in [2.05, 4.69) is 19.9 Å². The zero-order chi connectivity index (χ0) is 27.1. The third-order valence-corrected chi connectivity index (χ3v) is 7.90. The number of aromatic nitrogens is 5. The molecule has 0 saturated heterocycles. The SMILES string of the molecule is C[C@@H](n1cc2cc(NS(=O)(=O)c3ccc(Cl)cc3)ccc2n1)[C@](O)(Cn1cncn1)c1ccc(F)cc1F. The molecular weight excluding hydrogens is 538 g/mol. The van der Waals surface area contributed by atoms with Crippen LogP contribution < -0.4 is 4.72 Å². The van der Waals surface area contributed by atoms with E-state index in [-0.39, 0.29) is 17.0 Å². The zero-order valence-corrected chi connectivity index (χ0v) is 21.4. The minimum Gasteiger partial charge on any atom is -0.381 e. The Labute approximate surface area is 221 Å². The van der Waals surface area contributed by atoms with E-state index in [1.165, 1.54) is 52.4 Å². The van der Waals surface area contributed by atoms with Gasteiger partial charge in [-0.2, -0.15) is 10.2 Å². The summed E-state index contributed by atoms with van der Waals surface area (Å²) in [5.41, 5.74) is -1.25. The van der Waals surface area contributed by atoms with Crippen LogP contribution in [0.5, 0.6) is 0 Å². The normalized spacial score (nSPS) is 14.3. The van der Waals surface area contributed by atoms with Crippen molar-refractivity contribution < 1.29 is 22.3 Å². The highest BCUT2D eigenvalue weighted by atomic mass is 35.5. The molecule has 0 spiro atoms. The first-order valence-corrected chi connectivity index (χ1v) is 13.2. The Morgan fingerprint density at radius 3 is 2.55 bits per heavy atom. The molecule has 2 atom stereocenters. The summed E-state index contributed by atoms with van der Waals surface area (Å²) in [4.78, 5) is 3.92. The standard InChI is InChI=1S/C25H21ClF2N6O3S/c1-16(25(35,13-33-15-29-14-30-33)22-8-4-19(27)11-23(22)28)34-12-17-10-20(5-9-24(17)31-34)32-38(36,37)21-6-2-18(26)3-7-21/h2-12,14-16,32,35H,13H2,1H3/t16-,25-/m1/s1. The lowest BCUT2D eigenvalue weighted by Crippen LogP contribution is -2.40. The van der Waals surface area contributed by atoms with Crippen molar-refractivity contribution in [2.75, 3.05) is 4.72 Å². The van der Waals surface area contributed by atoms with Gasteiger partial charge in [-0.15, -0.1) is 0 Å². The second-order valence-electron chi connectivity index (χ2n) is 8.76. The number of hydrogen-bond donors (Lipinski definition) is 2. The van der Waals surface area contributed by atoms with Gasteiger partial charge < -0.3 is 5.11 Å². The highest BCUT2D eigenvalue weighted by molar-refractivity contribution is 7.92. The Bertz CT molecular complexity index is 1710. The van der Waals surface area contributed by atoms with Crippen molar-refractivity contribution in [3.8, 4) is 0 Å². The van der Waals surface area contributed by atoms with Gasteiger partial charge in [0.05, 0.1) is 23.0 Å². The van der Waals surface area contributed by atoms with Crippen molar-refractivity contribution in [1.82, 2.24) is 24.5 Å². The Balaban J connectivity index is 1.49. The van der Waals surface area contributed by atoms with Gasteiger partial charge in [0.2, 0.25) is 0 Å². The van der Waals surface area contributed by atoms with Crippen LogP contribution in [0.25, 0.3) is 10.9 Å². The second kappa shape index (κ2) is 9.78. The first-order valence-electron chi connectivity index (χ1n) is 11.3. The predicted molar refractivity (Wildman–Crippen MR) is 137 cm³/mol. The summed E-state index contributed by atoms with van der Waals surface area (Å²) in [6.07, 6.45) is 4.26. The van der Waals surface area contributed by atoms with Crippen LogP contribution in [0.1, 0.15) is 18.5 Å². The van der Waals surface area contributed by atoms with Crippen LogP contribution in [0.15, 0.2) is 84.4 Å². The first-order chi connectivity index (χ1) is 18.0. The summed E-state index contributed by atoms with van der Waals surface area (Å²) < 4.78 is 59.4. The summed E-state index contributed by atoms with van der Waals surface area (Å²) in [7, 11) is -3.87. The molecule has 0 aliphatic carbocycles. The van der Waals surface area contributed by atoms with Crippen LogP contribution in [0.2, 0.25) is 5.02 Å². The van der Waals surface area contributed by atoms with Crippen LogP contribution >= 0.6 is 11.6 Å². The van der Waals surface area contributed by atoms with E-state index in [0.717, 1.165) is 6.07 Å². The van der Waals surface area contributed by atoms with Gasteiger partial charge in [-0.1, -0.05) is 17.7 Å². The minimum atomic E-state index is -3.87. The molecule has 2 N–H and O–H groups in total. The molecule has 0 amide bonds. The number of hydrogen-bond acceptors (Lipinski definition) is 6. The molecule has 196 valence electrons. The number of rotatable bonds is 8. The zero-order valence-electron chi connectivity index (χ0n) is 19.8. The molecule has 9 nitrogen and oxygen atoms in total. The fourth-order valence-electron chi connectivity index (χ4n) is 4.20. The molecule has 0 saturated carbocycles. The largest absolute Gasteiger partial charge is 0.381 e. The van der Waals surface area contributed by atoms with Gasteiger partial charge in [0, 0.05) is 33.9 Å². The van der Waals surface area contributed by atoms with Crippen molar-refractivity contribution in [3.63, 3.8) is 0 Å². The van der Waals surface area contributed by atoms with E-state index < -0.39 is 33.3 Å². The summed E-state index contributed by atoms with van der Waals surface area (Å²) in [6.45, 7) is 1.44. The molecule has 0 radical (unpaired) electrons. The van der Waals surface area contributed by atoms with Gasteiger partial charge >= 0.3 is 0 Å². The highest BCUT2D eigenvalue weighted by Gasteiger charge is 2.41. The first kappa shape index (κ1) is 25.8. The number of nitrogens with zero attached hydrogens (tertiary/aromatic N) is 5. The Kier molecular flexibility index (Phi) is 6.63. The number of halogens is 3. The van der Waals surface area contributed by atoms with Crippen molar-refractivity contribution in [2.24, 2.45) is 0 Å². The minimum absolute atomic E-state index is 0.0471. The lowest BCUT2D eigenvalue weighted by molar-refractivity contribution is -0.0366. The molecule has 0 bridgehead atoms. The van der Waals surface area contributed by atoms with Gasteiger partial charge in [-0.3, -0.25) is 9.40 Å². The molecule has 0 aliphatic heterocycles. The summed E-state index contributed by atoms with van der Waals surface area (Å²) in [6, 6.07) is 12.6. The number of anilines is 1. The van der Waals surface area contributed by atoms with Crippen LogP contribution in [0.4, 0.5) is 14.5 Å². The van der Waals surface area contributed by atoms with Crippen LogP contribution in [0, 0.1) is 11.6 Å². The summed E-state index contributed by atoms with van der Waals surface area (Å²) in [5, 5.41) is 21.3. The van der Waals surface area contributed by atoms with Crippen molar-refractivity contribution in [1.29, 1.82) is 0 Å². The Morgan fingerprint density at radius 1 is 1.11 bits per heavy atom. The van der Waals surface area contributed by atoms with Gasteiger partial charge in [-0.05, 0) is 55.5 Å². The van der Waals surface area contributed by atoms with E-state index in [9.17, 15) is 22.3 Å². The van der Waals surface area contributed by atoms with Crippen LogP contribution in [0.3, 0.4) is 0 Å². The monoisotopic (exact) mass is 558 g/mol. The Hall–Kier alpha value is -3.87. The highest BCUT2D eigenvalue weighted by Crippen LogP contribution is 2.37. The van der Waals surface area contributed by atoms with E-state index in [0.29, 0.717) is 27.7 Å². The van der Waals surface area contributed by atoms with Crippen LogP contribution in [-0.2, 0) is 22.2 Å². The third-order valence-electron chi connectivity index (χ3n) is 6.25. The fraction of sp³-hybridized carbons (Fsp3) is 0.160. The van der Waals surface area contributed by atoms with E-state index >= 15 is 0 Å². The summed E-state index contributed by atoms with van der Waals surface area (Å²) >= 11 is 5.85. The molecule has 5 rings (SSSR count). The van der Waals surface area contributed by atoms with Gasteiger partial charge in [0.25, 0.3) is 10.0 Å². The van der Waals surface area contributed by atoms with E-state index in [4.69, 9.17) is 11.6 Å². The molecule has 5 aromatic rings. The Morgan fingerprint density at radius 2 is 1.87 bits per heavy atom. The van der Waals surface area contributed by atoms with Gasteiger partial charge in [-0.25, -0.2) is 26.9 Å². The fourth-order valence-corrected chi connectivity index (χ4v) is 5.37. The average molecular weight is 559 g/mol. The average Bonchev–Trinajstić information content (AvgIpc) is 3.53. The molecule has 38 heavy (non-hydrogen) atoms. The predicted octanol–water partition coefficient (Wildman–Crippen LogP) is 4.51. The maximum atomic E-state index is 14.9. The maximum Gasteiger partial charge on any atom is 0.261 e. The lowest BCUT2D eigenvalue weighted by Gasteiger charge is -2.34.